The van der Waals surface area contributed by atoms with Crippen LogP contribution in [0.15, 0.2) is 24.3 Å². The number of hydrogen-bond donors (Lipinski definition) is 1. The average molecular weight is 324 g/mol. The number of nitrogens with zero attached hydrogens (tertiary/aromatic N) is 1. The van der Waals surface area contributed by atoms with Gasteiger partial charge in [-0.1, -0.05) is 44.5 Å². The van der Waals surface area contributed by atoms with Crippen molar-refractivity contribution in [1.29, 1.82) is 0 Å². The molecule has 1 aliphatic heterocycles. The highest BCUT2D eigenvalue weighted by Gasteiger charge is 2.39. The van der Waals surface area contributed by atoms with Crippen molar-refractivity contribution >= 4 is 23.5 Å². The molecule has 1 unspecified atom stereocenters. The summed E-state index contributed by atoms with van der Waals surface area (Å²) in [6.45, 7) is 6.67. The SMILES string of the molecule is CC(C)C(C(=O)N1C[C@@H](C)[C@H](C(=O)O)C1)c1cccc(Cl)c1. The first-order valence-electron chi connectivity index (χ1n) is 7.58. The fourth-order valence-electron chi connectivity index (χ4n) is 3.18. The van der Waals surface area contributed by atoms with Gasteiger partial charge in [-0.3, -0.25) is 9.59 Å². The van der Waals surface area contributed by atoms with Crippen LogP contribution in [0.4, 0.5) is 0 Å². The minimum Gasteiger partial charge on any atom is -0.481 e. The lowest BCUT2D eigenvalue weighted by Crippen LogP contribution is -2.36. The maximum atomic E-state index is 12.9. The monoisotopic (exact) mass is 323 g/mol. The van der Waals surface area contributed by atoms with Gasteiger partial charge in [0.2, 0.25) is 5.91 Å². The summed E-state index contributed by atoms with van der Waals surface area (Å²) < 4.78 is 0. The molecular weight excluding hydrogens is 302 g/mol. The lowest BCUT2D eigenvalue weighted by Gasteiger charge is -2.26. The third kappa shape index (κ3) is 3.43. The van der Waals surface area contributed by atoms with E-state index in [-0.39, 0.29) is 23.7 Å². The third-order valence-corrected chi connectivity index (χ3v) is 4.62. The van der Waals surface area contributed by atoms with Crippen LogP contribution in [0.2, 0.25) is 5.02 Å². The van der Waals surface area contributed by atoms with E-state index in [1.807, 2.05) is 39.0 Å². The second-order valence-electron chi connectivity index (χ2n) is 6.44. The van der Waals surface area contributed by atoms with Gasteiger partial charge in [0.1, 0.15) is 0 Å². The van der Waals surface area contributed by atoms with Crippen molar-refractivity contribution in [3.63, 3.8) is 0 Å². The normalized spacial score (nSPS) is 22.9. The van der Waals surface area contributed by atoms with Gasteiger partial charge in [0.05, 0.1) is 11.8 Å². The van der Waals surface area contributed by atoms with Crippen molar-refractivity contribution < 1.29 is 14.7 Å². The Kier molecular flexibility index (Phi) is 5.12. The molecule has 1 aliphatic rings. The van der Waals surface area contributed by atoms with Gasteiger partial charge in [-0.2, -0.15) is 0 Å². The number of carboxylic acid groups (broad SMARTS) is 1. The molecule has 0 radical (unpaired) electrons. The summed E-state index contributed by atoms with van der Waals surface area (Å²) >= 11 is 6.04. The van der Waals surface area contributed by atoms with Crippen molar-refractivity contribution in [2.24, 2.45) is 17.8 Å². The molecule has 0 saturated carbocycles. The predicted octanol–water partition coefficient (Wildman–Crippen LogP) is 3.26. The van der Waals surface area contributed by atoms with Crippen LogP contribution in [0.5, 0.6) is 0 Å². The van der Waals surface area contributed by atoms with Crippen molar-refractivity contribution in [2.45, 2.75) is 26.7 Å². The van der Waals surface area contributed by atoms with Crippen LogP contribution in [0.1, 0.15) is 32.3 Å². The number of aliphatic carboxylic acids is 1. The number of carboxylic acids is 1. The number of benzene rings is 1. The largest absolute Gasteiger partial charge is 0.481 e. The second-order valence-corrected chi connectivity index (χ2v) is 6.88. The van der Waals surface area contributed by atoms with Crippen LogP contribution in [-0.4, -0.2) is 35.0 Å². The molecule has 4 nitrogen and oxygen atoms in total. The molecule has 120 valence electrons. The number of amides is 1. The Morgan fingerprint density at radius 2 is 2.00 bits per heavy atom. The average Bonchev–Trinajstić information content (AvgIpc) is 2.81. The van der Waals surface area contributed by atoms with E-state index in [9.17, 15) is 14.7 Å². The first-order valence-corrected chi connectivity index (χ1v) is 7.96. The number of carbonyl (C=O) groups excluding carboxylic acids is 1. The van der Waals surface area contributed by atoms with Crippen LogP contribution < -0.4 is 0 Å². The molecule has 1 heterocycles. The summed E-state index contributed by atoms with van der Waals surface area (Å²) in [5.74, 6) is -1.51. The van der Waals surface area contributed by atoms with E-state index >= 15 is 0 Å². The molecule has 5 heteroatoms. The third-order valence-electron chi connectivity index (χ3n) is 4.38. The standard InChI is InChI=1S/C17H22ClNO3/c1-10(2)15(12-5-4-6-13(18)7-12)16(20)19-8-11(3)14(9-19)17(21)22/h4-7,10-11,14-15H,8-9H2,1-3H3,(H,21,22)/t11-,14-,15?/m1/s1. The first-order chi connectivity index (χ1) is 10.3. The second kappa shape index (κ2) is 6.69. The van der Waals surface area contributed by atoms with Crippen LogP contribution in [0.3, 0.4) is 0 Å². The number of halogens is 1. The molecule has 2 rings (SSSR count). The molecule has 0 bridgehead atoms. The Morgan fingerprint density at radius 1 is 1.32 bits per heavy atom. The van der Waals surface area contributed by atoms with Gasteiger partial charge >= 0.3 is 5.97 Å². The zero-order chi connectivity index (χ0) is 16.4. The van der Waals surface area contributed by atoms with E-state index in [1.54, 1.807) is 11.0 Å². The summed E-state index contributed by atoms with van der Waals surface area (Å²) in [4.78, 5) is 25.8. The van der Waals surface area contributed by atoms with E-state index in [0.717, 1.165) is 5.56 Å². The maximum Gasteiger partial charge on any atom is 0.308 e. The zero-order valence-corrected chi connectivity index (χ0v) is 13.9. The molecule has 1 amide bonds. The number of likely N-dealkylation sites (tertiary alicyclic amines) is 1. The number of rotatable bonds is 4. The Bertz CT molecular complexity index is 573. The lowest BCUT2D eigenvalue weighted by atomic mass is 9.87. The van der Waals surface area contributed by atoms with Crippen LogP contribution in [0, 0.1) is 17.8 Å². The van der Waals surface area contributed by atoms with E-state index < -0.39 is 11.9 Å². The molecule has 1 fully saturated rings. The summed E-state index contributed by atoms with van der Waals surface area (Å²) in [7, 11) is 0. The zero-order valence-electron chi connectivity index (χ0n) is 13.1. The maximum absolute atomic E-state index is 12.9. The van der Waals surface area contributed by atoms with Gasteiger partial charge in [0, 0.05) is 18.1 Å². The summed E-state index contributed by atoms with van der Waals surface area (Å²) in [6.07, 6.45) is 0. The van der Waals surface area contributed by atoms with E-state index in [0.29, 0.717) is 18.1 Å². The molecule has 1 saturated heterocycles. The van der Waals surface area contributed by atoms with E-state index in [1.165, 1.54) is 0 Å². The predicted molar refractivity (Wildman–Crippen MR) is 85.9 cm³/mol. The van der Waals surface area contributed by atoms with Crippen LogP contribution in [0.25, 0.3) is 0 Å². The fraction of sp³-hybridized carbons (Fsp3) is 0.529. The Balaban J connectivity index is 2.23. The highest BCUT2D eigenvalue weighted by molar-refractivity contribution is 6.30. The molecule has 3 atom stereocenters. The quantitative estimate of drug-likeness (QED) is 0.925. The Morgan fingerprint density at radius 3 is 2.50 bits per heavy atom. The lowest BCUT2D eigenvalue weighted by molar-refractivity contribution is -0.142. The van der Waals surface area contributed by atoms with E-state index in [2.05, 4.69) is 0 Å². The molecule has 1 aromatic rings. The van der Waals surface area contributed by atoms with Gasteiger partial charge in [-0.15, -0.1) is 0 Å². The van der Waals surface area contributed by atoms with Gasteiger partial charge in [-0.25, -0.2) is 0 Å². The van der Waals surface area contributed by atoms with Crippen molar-refractivity contribution in [1.82, 2.24) is 4.90 Å². The molecule has 0 aliphatic carbocycles. The first kappa shape index (κ1) is 16.8. The van der Waals surface area contributed by atoms with Gasteiger partial charge in [0.25, 0.3) is 0 Å². The van der Waals surface area contributed by atoms with Gasteiger partial charge in [0.15, 0.2) is 0 Å². The Hall–Kier alpha value is -1.55. The number of hydrogen-bond acceptors (Lipinski definition) is 2. The smallest absolute Gasteiger partial charge is 0.308 e. The molecule has 1 aromatic carbocycles. The van der Waals surface area contributed by atoms with E-state index in [4.69, 9.17) is 11.6 Å². The summed E-state index contributed by atoms with van der Waals surface area (Å²) in [5.41, 5.74) is 0.888. The van der Waals surface area contributed by atoms with Gasteiger partial charge < -0.3 is 10.0 Å². The summed E-state index contributed by atoms with van der Waals surface area (Å²) in [5, 5.41) is 9.83. The van der Waals surface area contributed by atoms with Gasteiger partial charge in [-0.05, 0) is 29.5 Å². The molecule has 22 heavy (non-hydrogen) atoms. The highest BCUT2D eigenvalue weighted by Crippen LogP contribution is 2.32. The molecule has 1 N–H and O–H groups in total. The Labute approximate surface area is 136 Å². The fourth-order valence-corrected chi connectivity index (χ4v) is 3.38. The topological polar surface area (TPSA) is 57.6 Å². The van der Waals surface area contributed by atoms with Crippen LogP contribution >= 0.6 is 11.6 Å². The molecular formula is C17H22ClNO3. The molecule has 0 spiro atoms. The van der Waals surface area contributed by atoms with Crippen molar-refractivity contribution in [2.75, 3.05) is 13.1 Å². The number of carbonyl (C=O) groups is 2. The van der Waals surface area contributed by atoms with Crippen molar-refractivity contribution in [3.05, 3.63) is 34.9 Å². The van der Waals surface area contributed by atoms with Crippen LogP contribution in [-0.2, 0) is 9.59 Å². The minimum atomic E-state index is -0.827. The minimum absolute atomic E-state index is 0.00660. The highest BCUT2D eigenvalue weighted by atomic mass is 35.5. The summed E-state index contributed by atoms with van der Waals surface area (Å²) in [6, 6.07) is 7.35. The van der Waals surface area contributed by atoms with Crippen molar-refractivity contribution in [3.8, 4) is 0 Å². The molecule has 0 aromatic heterocycles.